The molecule has 0 aliphatic rings. The Balaban J connectivity index is 1.92. The van der Waals surface area contributed by atoms with Crippen LogP contribution in [0.1, 0.15) is 30.5 Å². The molecule has 4 heteroatoms. The lowest BCUT2D eigenvalue weighted by Gasteiger charge is -2.27. The zero-order valence-corrected chi connectivity index (χ0v) is 17.4. The highest BCUT2D eigenvalue weighted by atomic mass is 16.2. The van der Waals surface area contributed by atoms with Crippen LogP contribution in [0.25, 0.3) is 11.3 Å². The quantitative estimate of drug-likeness (QED) is 0.638. The maximum atomic E-state index is 12.6. The van der Waals surface area contributed by atoms with E-state index in [2.05, 4.69) is 55.5 Å². The molecule has 4 nitrogen and oxygen atoms in total. The number of amides is 1. The summed E-state index contributed by atoms with van der Waals surface area (Å²) in [5.74, 6) is 0.0268. The van der Waals surface area contributed by atoms with Crippen molar-refractivity contribution in [2.24, 2.45) is 0 Å². The Morgan fingerprint density at radius 3 is 2.32 bits per heavy atom. The Labute approximate surface area is 167 Å². The van der Waals surface area contributed by atoms with E-state index in [1.807, 2.05) is 26.1 Å². The normalized spacial score (nSPS) is 11.5. The fourth-order valence-electron chi connectivity index (χ4n) is 3.55. The van der Waals surface area contributed by atoms with Gasteiger partial charge in [0.1, 0.15) is 5.54 Å². The molecule has 0 atom stereocenters. The van der Waals surface area contributed by atoms with Crippen molar-refractivity contribution in [1.82, 2.24) is 14.7 Å². The highest BCUT2D eigenvalue weighted by Crippen LogP contribution is 2.29. The van der Waals surface area contributed by atoms with Crippen molar-refractivity contribution in [3.05, 3.63) is 77.5 Å². The highest BCUT2D eigenvalue weighted by molar-refractivity contribution is 5.83. The summed E-state index contributed by atoms with van der Waals surface area (Å²) in [7, 11) is 3.56. The van der Waals surface area contributed by atoms with Crippen LogP contribution >= 0.6 is 0 Å². The van der Waals surface area contributed by atoms with Crippen molar-refractivity contribution in [2.45, 2.75) is 39.2 Å². The number of rotatable bonds is 6. The smallest absolute Gasteiger partial charge is 0.249 e. The predicted molar refractivity (Wildman–Crippen MR) is 114 cm³/mol. The average Bonchev–Trinajstić information content (AvgIpc) is 3.09. The molecule has 3 aromatic rings. The van der Waals surface area contributed by atoms with Crippen molar-refractivity contribution in [1.29, 1.82) is 0 Å². The van der Waals surface area contributed by atoms with Gasteiger partial charge in [-0.25, -0.2) is 0 Å². The van der Waals surface area contributed by atoms with Crippen LogP contribution in [0.3, 0.4) is 0 Å². The second kappa shape index (κ2) is 8.01. The number of hydrogen-bond acceptors (Lipinski definition) is 2. The number of likely N-dealkylation sites (N-methyl/N-ethyl adjacent to an activating group) is 1. The lowest BCUT2D eigenvalue weighted by Crippen LogP contribution is -2.44. The third-order valence-electron chi connectivity index (χ3n) is 5.20. The van der Waals surface area contributed by atoms with Crippen LogP contribution in [-0.2, 0) is 23.2 Å². The van der Waals surface area contributed by atoms with Crippen molar-refractivity contribution in [3.63, 3.8) is 0 Å². The minimum absolute atomic E-state index is 0.0268. The molecule has 0 saturated heterocycles. The monoisotopic (exact) mass is 375 g/mol. The van der Waals surface area contributed by atoms with Crippen molar-refractivity contribution >= 4 is 5.91 Å². The van der Waals surface area contributed by atoms with Gasteiger partial charge in [-0.15, -0.1) is 0 Å². The van der Waals surface area contributed by atoms with Crippen molar-refractivity contribution in [2.75, 3.05) is 14.1 Å². The van der Waals surface area contributed by atoms with Crippen LogP contribution in [0.4, 0.5) is 0 Å². The van der Waals surface area contributed by atoms with Gasteiger partial charge >= 0.3 is 0 Å². The summed E-state index contributed by atoms with van der Waals surface area (Å²) < 4.78 is 1.80. The summed E-state index contributed by atoms with van der Waals surface area (Å²) >= 11 is 0. The van der Waals surface area contributed by atoms with Crippen LogP contribution in [-0.4, -0.2) is 34.7 Å². The number of nitrogens with zero attached hydrogens (tertiary/aromatic N) is 3. The highest BCUT2D eigenvalue weighted by Gasteiger charge is 2.32. The fraction of sp³-hybridized carbons (Fsp3) is 0.333. The number of carbonyl (C=O) groups is 1. The van der Waals surface area contributed by atoms with E-state index in [4.69, 9.17) is 5.10 Å². The molecule has 146 valence electrons. The minimum atomic E-state index is -0.731. The molecule has 0 aliphatic heterocycles. The van der Waals surface area contributed by atoms with Gasteiger partial charge < -0.3 is 4.90 Å². The third kappa shape index (κ3) is 4.01. The van der Waals surface area contributed by atoms with E-state index in [1.165, 1.54) is 11.1 Å². The molecule has 0 spiro atoms. The van der Waals surface area contributed by atoms with E-state index < -0.39 is 5.54 Å². The molecule has 2 aromatic carbocycles. The summed E-state index contributed by atoms with van der Waals surface area (Å²) in [6, 6.07) is 19.0. The Kier molecular flexibility index (Phi) is 5.68. The van der Waals surface area contributed by atoms with Crippen molar-refractivity contribution in [3.8, 4) is 11.3 Å². The van der Waals surface area contributed by atoms with Gasteiger partial charge in [0.25, 0.3) is 0 Å². The van der Waals surface area contributed by atoms with Gasteiger partial charge in [-0.1, -0.05) is 54.6 Å². The Hall–Kier alpha value is -2.88. The largest absolute Gasteiger partial charge is 0.347 e. The summed E-state index contributed by atoms with van der Waals surface area (Å²) in [6.07, 6.45) is 3.92. The molecule has 28 heavy (non-hydrogen) atoms. The Morgan fingerprint density at radius 2 is 1.64 bits per heavy atom. The van der Waals surface area contributed by atoms with Gasteiger partial charge in [0.05, 0.1) is 5.69 Å². The number of aromatic nitrogens is 2. The molecular formula is C24H29N3O. The van der Waals surface area contributed by atoms with Crippen LogP contribution in [0.15, 0.2) is 60.8 Å². The van der Waals surface area contributed by atoms with Gasteiger partial charge in [-0.05, 0) is 50.3 Å². The predicted octanol–water partition coefficient (Wildman–Crippen LogP) is 4.47. The molecule has 0 N–H and O–H groups in total. The molecule has 0 unspecified atom stereocenters. The summed E-state index contributed by atoms with van der Waals surface area (Å²) in [6.45, 7) is 5.88. The van der Waals surface area contributed by atoms with E-state index in [-0.39, 0.29) is 5.91 Å². The van der Waals surface area contributed by atoms with Crippen LogP contribution < -0.4 is 0 Å². The first-order valence-corrected chi connectivity index (χ1v) is 9.71. The van der Waals surface area contributed by atoms with E-state index in [0.717, 1.165) is 29.7 Å². The van der Waals surface area contributed by atoms with Crippen LogP contribution in [0.5, 0.6) is 0 Å². The Morgan fingerprint density at radius 1 is 1.00 bits per heavy atom. The van der Waals surface area contributed by atoms with Crippen molar-refractivity contribution < 1.29 is 4.79 Å². The van der Waals surface area contributed by atoms with Gasteiger partial charge in [0.15, 0.2) is 0 Å². The maximum absolute atomic E-state index is 12.6. The second-order valence-corrected chi connectivity index (χ2v) is 8.01. The molecule has 0 saturated carbocycles. The molecule has 0 fully saturated rings. The Bertz CT molecular complexity index is 955. The number of benzene rings is 2. The first-order valence-electron chi connectivity index (χ1n) is 9.71. The SMILES string of the molecule is Cc1cn(C(C)(C)C(=O)N(C)C)nc1-c1ccccc1CCc1ccccc1. The summed E-state index contributed by atoms with van der Waals surface area (Å²) in [4.78, 5) is 14.2. The van der Waals surface area contributed by atoms with E-state index in [0.29, 0.717) is 0 Å². The van der Waals surface area contributed by atoms with Gasteiger partial charge in [-0.2, -0.15) is 5.10 Å². The van der Waals surface area contributed by atoms with Gasteiger partial charge in [-0.3, -0.25) is 9.48 Å². The number of aryl methyl sites for hydroxylation is 3. The molecule has 1 aromatic heterocycles. The number of carbonyl (C=O) groups excluding carboxylic acids is 1. The van der Waals surface area contributed by atoms with E-state index in [9.17, 15) is 4.79 Å². The molecular weight excluding hydrogens is 346 g/mol. The number of hydrogen-bond donors (Lipinski definition) is 0. The van der Waals surface area contributed by atoms with Crippen LogP contribution in [0.2, 0.25) is 0 Å². The first-order chi connectivity index (χ1) is 13.3. The summed E-state index contributed by atoms with van der Waals surface area (Å²) in [5, 5.41) is 4.84. The molecule has 3 rings (SSSR count). The zero-order chi connectivity index (χ0) is 20.3. The topological polar surface area (TPSA) is 38.1 Å². The average molecular weight is 376 g/mol. The molecule has 0 radical (unpaired) electrons. The zero-order valence-electron chi connectivity index (χ0n) is 17.4. The van der Waals surface area contributed by atoms with Gasteiger partial charge in [0.2, 0.25) is 5.91 Å². The molecule has 1 heterocycles. The standard InChI is InChI=1S/C24H29N3O/c1-18-17-27(24(2,3)23(28)26(4)5)25-22(18)21-14-10-9-13-20(21)16-15-19-11-7-6-8-12-19/h6-14,17H,15-16H2,1-5H3. The maximum Gasteiger partial charge on any atom is 0.249 e. The van der Waals surface area contributed by atoms with E-state index in [1.54, 1.807) is 23.7 Å². The molecule has 0 aliphatic carbocycles. The third-order valence-corrected chi connectivity index (χ3v) is 5.20. The second-order valence-electron chi connectivity index (χ2n) is 8.01. The first kappa shape index (κ1) is 19.9. The molecule has 0 bridgehead atoms. The van der Waals surface area contributed by atoms with E-state index >= 15 is 0 Å². The van der Waals surface area contributed by atoms with Gasteiger partial charge in [0, 0.05) is 25.9 Å². The molecule has 1 amide bonds. The van der Waals surface area contributed by atoms with Crippen LogP contribution in [0, 0.1) is 6.92 Å². The lowest BCUT2D eigenvalue weighted by molar-refractivity contribution is -0.137. The fourth-order valence-corrected chi connectivity index (χ4v) is 3.55. The summed E-state index contributed by atoms with van der Waals surface area (Å²) in [5.41, 5.74) is 5.04. The lowest BCUT2D eigenvalue weighted by atomic mass is 9.97. The minimum Gasteiger partial charge on any atom is -0.347 e.